The molecule has 0 aliphatic carbocycles. The smallest absolute Gasteiger partial charge is 0.356 e. The molecule has 0 fully saturated rings. The van der Waals surface area contributed by atoms with E-state index in [1.807, 2.05) is 30.3 Å². The van der Waals surface area contributed by atoms with Gasteiger partial charge in [0.2, 0.25) is 0 Å². The molecule has 0 amide bonds. The minimum absolute atomic E-state index is 0.0183. The molecular weight excluding hydrogens is 324 g/mol. The summed E-state index contributed by atoms with van der Waals surface area (Å²) in [5, 5.41) is 4.20. The SMILES string of the molecule is CCOC(=O)c1c(N)nn2c(-c3ccccc3)cc(C(=O)OC)nc12. The van der Waals surface area contributed by atoms with Crippen LogP contribution in [0, 0.1) is 0 Å². The molecule has 8 heteroatoms. The van der Waals surface area contributed by atoms with Crippen LogP contribution in [-0.2, 0) is 9.47 Å². The summed E-state index contributed by atoms with van der Waals surface area (Å²) in [6.07, 6.45) is 0. The maximum absolute atomic E-state index is 12.2. The third kappa shape index (κ3) is 2.89. The van der Waals surface area contributed by atoms with Crippen molar-refractivity contribution in [3.8, 4) is 11.3 Å². The van der Waals surface area contributed by atoms with Gasteiger partial charge >= 0.3 is 11.9 Å². The molecule has 128 valence electrons. The summed E-state index contributed by atoms with van der Waals surface area (Å²) in [5.41, 5.74) is 7.42. The highest BCUT2D eigenvalue weighted by atomic mass is 16.5. The number of methoxy groups -OCH3 is 1. The van der Waals surface area contributed by atoms with Crippen LogP contribution < -0.4 is 5.73 Å². The van der Waals surface area contributed by atoms with Gasteiger partial charge in [0.25, 0.3) is 0 Å². The molecule has 3 aromatic rings. The number of hydrogen-bond donors (Lipinski definition) is 1. The predicted octanol–water partition coefficient (Wildman–Crippen LogP) is 1.94. The maximum Gasteiger partial charge on any atom is 0.356 e. The quantitative estimate of drug-likeness (QED) is 0.723. The average molecular weight is 340 g/mol. The molecule has 0 aliphatic heterocycles. The Morgan fingerprint density at radius 2 is 1.92 bits per heavy atom. The Morgan fingerprint density at radius 1 is 1.20 bits per heavy atom. The van der Waals surface area contributed by atoms with Gasteiger partial charge in [0.1, 0.15) is 5.56 Å². The Balaban J connectivity index is 2.33. The summed E-state index contributed by atoms with van der Waals surface area (Å²) < 4.78 is 11.2. The number of ether oxygens (including phenoxy) is 2. The van der Waals surface area contributed by atoms with Crippen LogP contribution >= 0.6 is 0 Å². The second-order valence-electron chi connectivity index (χ2n) is 5.10. The zero-order valence-electron chi connectivity index (χ0n) is 13.7. The molecule has 0 saturated carbocycles. The molecule has 0 atom stereocenters. The van der Waals surface area contributed by atoms with E-state index in [-0.39, 0.29) is 29.3 Å². The zero-order chi connectivity index (χ0) is 18.0. The molecule has 8 nitrogen and oxygen atoms in total. The number of nitrogens with zero attached hydrogens (tertiary/aromatic N) is 3. The Morgan fingerprint density at radius 3 is 2.56 bits per heavy atom. The van der Waals surface area contributed by atoms with Crippen molar-refractivity contribution in [3.05, 3.63) is 47.7 Å². The van der Waals surface area contributed by atoms with E-state index in [9.17, 15) is 9.59 Å². The first-order valence-corrected chi connectivity index (χ1v) is 7.57. The van der Waals surface area contributed by atoms with Gasteiger partial charge in [0, 0.05) is 5.56 Å². The number of rotatable bonds is 4. The van der Waals surface area contributed by atoms with Crippen LogP contribution in [0.25, 0.3) is 16.9 Å². The lowest BCUT2D eigenvalue weighted by atomic mass is 10.1. The van der Waals surface area contributed by atoms with Gasteiger partial charge in [-0.05, 0) is 13.0 Å². The Kier molecular flexibility index (Phi) is 4.34. The molecule has 0 saturated heterocycles. The monoisotopic (exact) mass is 340 g/mol. The summed E-state index contributed by atoms with van der Waals surface area (Å²) in [6.45, 7) is 1.86. The molecule has 2 N–H and O–H groups in total. The molecule has 3 rings (SSSR count). The Labute approximate surface area is 143 Å². The molecule has 0 aliphatic rings. The number of carbonyl (C=O) groups is 2. The Bertz CT molecular complexity index is 950. The van der Waals surface area contributed by atoms with Crippen LogP contribution in [0.3, 0.4) is 0 Å². The molecular formula is C17H16N4O4. The second kappa shape index (κ2) is 6.60. The van der Waals surface area contributed by atoms with Crippen molar-refractivity contribution >= 4 is 23.4 Å². The van der Waals surface area contributed by atoms with Gasteiger partial charge in [-0.15, -0.1) is 5.10 Å². The van der Waals surface area contributed by atoms with Gasteiger partial charge < -0.3 is 15.2 Å². The van der Waals surface area contributed by atoms with E-state index in [1.165, 1.54) is 17.7 Å². The highest BCUT2D eigenvalue weighted by Crippen LogP contribution is 2.26. The van der Waals surface area contributed by atoms with Crippen molar-refractivity contribution in [3.63, 3.8) is 0 Å². The van der Waals surface area contributed by atoms with E-state index in [4.69, 9.17) is 15.2 Å². The van der Waals surface area contributed by atoms with E-state index >= 15 is 0 Å². The minimum atomic E-state index is -0.650. The minimum Gasteiger partial charge on any atom is -0.464 e. The first kappa shape index (κ1) is 16.4. The molecule has 0 unspecified atom stereocenters. The lowest BCUT2D eigenvalue weighted by Gasteiger charge is -2.08. The fourth-order valence-corrected chi connectivity index (χ4v) is 2.46. The fourth-order valence-electron chi connectivity index (χ4n) is 2.46. The number of anilines is 1. The lowest BCUT2D eigenvalue weighted by Crippen LogP contribution is -2.10. The van der Waals surface area contributed by atoms with Crippen LogP contribution in [0.4, 0.5) is 5.82 Å². The van der Waals surface area contributed by atoms with Crippen LogP contribution in [0.2, 0.25) is 0 Å². The maximum atomic E-state index is 12.2. The Hall–Kier alpha value is -3.42. The number of carbonyl (C=O) groups excluding carboxylic acids is 2. The van der Waals surface area contributed by atoms with Gasteiger partial charge in [-0.25, -0.2) is 19.1 Å². The largest absolute Gasteiger partial charge is 0.464 e. The van der Waals surface area contributed by atoms with E-state index in [2.05, 4.69) is 10.1 Å². The standard InChI is InChI=1S/C17H16N4O4/c1-3-25-17(23)13-14(18)20-21-12(10-7-5-4-6-8-10)9-11(16(22)24-2)19-15(13)21/h4-9H,3H2,1-2H3,(H2,18,20). The normalized spacial score (nSPS) is 10.6. The van der Waals surface area contributed by atoms with Crippen LogP contribution in [0.5, 0.6) is 0 Å². The number of esters is 2. The molecule has 2 aromatic heterocycles. The van der Waals surface area contributed by atoms with Gasteiger partial charge in [-0.1, -0.05) is 30.3 Å². The molecule has 25 heavy (non-hydrogen) atoms. The summed E-state index contributed by atoms with van der Waals surface area (Å²) in [7, 11) is 1.26. The number of nitrogens with two attached hydrogens (primary N) is 1. The van der Waals surface area contributed by atoms with Gasteiger partial charge in [-0.3, -0.25) is 0 Å². The van der Waals surface area contributed by atoms with Crippen molar-refractivity contribution in [2.24, 2.45) is 0 Å². The zero-order valence-corrected chi connectivity index (χ0v) is 13.7. The third-order valence-electron chi connectivity index (χ3n) is 3.56. The number of aromatic nitrogens is 3. The second-order valence-corrected chi connectivity index (χ2v) is 5.10. The summed E-state index contributed by atoms with van der Waals surface area (Å²) >= 11 is 0. The van der Waals surface area contributed by atoms with E-state index in [0.29, 0.717) is 5.69 Å². The number of benzene rings is 1. The lowest BCUT2D eigenvalue weighted by molar-refractivity contribution is 0.0527. The molecule has 0 radical (unpaired) electrons. The summed E-state index contributed by atoms with van der Waals surface area (Å²) in [4.78, 5) is 28.4. The van der Waals surface area contributed by atoms with Crippen LogP contribution in [0.15, 0.2) is 36.4 Å². The molecule has 2 heterocycles. The highest BCUT2D eigenvalue weighted by Gasteiger charge is 2.24. The first-order valence-electron chi connectivity index (χ1n) is 7.57. The van der Waals surface area contributed by atoms with Gasteiger partial charge in [0.05, 0.1) is 19.4 Å². The fraction of sp³-hybridized carbons (Fsp3) is 0.176. The summed E-state index contributed by atoms with van der Waals surface area (Å²) in [6, 6.07) is 10.8. The van der Waals surface area contributed by atoms with Gasteiger partial charge in [-0.2, -0.15) is 0 Å². The van der Waals surface area contributed by atoms with E-state index in [0.717, 1.165) is 5.56 Å². The van der Waals surface area contributed by atoms with Crippen LogP contribution in [-0.4, -0.2) is 40.3 Å². The highest BCUT2D eigenvalue weighted by molar-refractivity contribution is 6.02. The van der Waals surface area contributed by atoms with E-state index < -0.39 is 11.9 Å². The number of nitrogen functional groups attached to an aromatic ring is 1. The van der Waals surface area contributed by atoms with E-state index in [1.54, 1.807) is 6.92 Å². The first-order chi connectivity index (χ1) is 12.1. The predicted molar refractivity (Wildman–Crippen MR) is 90.1 cm³/mol. The third-order valence-corrected chi connectivity index (χ3v) is 3.56. The number of fused-ring (bicyclic) bond motifs is 1. The van der Waals surface area contributed by atoms with Gasteiger partial charge in [0.15, 0.2) is 17.2 Å². The van der Waals surface area contributed by atoms with Crippen molar-refractivity contribution in [1.82, 2.24) is 14.6 Å². The summed E-state index contributed by atoms with van der Waals surface area (Å²) in [5.74, 6) is -1.30. The number of hydrogen-bond acceptors (Lipinski definition) is 7. The molecule has 0 spiro atoms. The topological polar surface area (TPSA) is 109 Å². The van der Waals surface area contributed by atoms with Crippen molar-refractivity contribution in [2.45, 2.75) is 6.92 Å². The average Bonchev–Trinajstić information content (AvgIpc) is 2.96. The van der Waals surface area contributed by atoms with Crippen molar-refractivity contribution < 1.29 is 19.1 Å². The van der Waals surface area contributed by atoms with Crippen molar-refractivity contribution in [1.29, 1.82) is 0 Å². The molecule has 1 aromatic carbocycles. The molecule has 0 bridgehead atoms. The van der Waals surface area contributed by atoms with Crippen molar-refractivity contribution in [2.75, 3.05) is 19.5 Å². The van der Waals surface area contributed by atoms with Crippen LogP contribution in [0.1, 0.15) is 27.8 Å².